The van der Waals surface area contributed by atoms with E-state index in [0.717, 1.165) is 5.56 Å². The van der Waals surface area contributed by atoms with Crippen LogP contribution in [-0.2, 0) is 6.54 Å². The highest BCUT2D eigenvalue weighted by Gasteiger charge is 2.21. The maximum Gasteiger partial charge on any atom is 0.142 e. The second-order valence-electron chi connectivity index (χ2n) is 5.41. The second-order valence-corrected chi connectivity index (χ2v) is 5.41. The molecule has 0 saturated carbocycles. The van der Waals surface area contributed by atoms with Gasteiger partial charge in [0.1, 0.15) is 23.4 Å². The van der Waals surface area contributed by atoms with Gasteiger partial charge in [-0.1, -0.05) is 30.3 Å². The van der Waals surface area contributed by atoms with Crippen LogP contribution in [0.1, 0.15) is 23.1 Å². The quantitative estimate of drug-likeness (QED) is 0.757. The SMILES string of the molecule is COc1ccc(OC)c(C(O)c2nccn2Cc2ccccc2)c1. The largest absolute Gasteiger partial charge is 0.497 e. The predicted octanol–water partition coefficient (Wildman–Crippen LogP) is 3.03. The van der Waals surface area contributed by atoms with Gasteiger partial charge >= 0.3 is 0 Å². The minimum absolute atomic E-state index is 0.561. The highest BCUT2D eigenvalue weighted by molar-refractivity contribution is 5.43. The first kappa shape index (κ1) is 16.1. The Kier molecular flexibility index (Phi) is 4.82. The van der Waals surface area contributed by atoms with Gasteiger partial charge in [0.15, 0.2) is 0 Å². The number of benzene rings is 2. The third-order valence-corrected chi connectivity index (χ3v) is 3.92. The zero-order valence-corrected chi connectivity index (χ0v) is 13.7. The number of aliphatic hydroxyl groups excluding tert-OH is 1. The molecule has 0 spiro atoms. The number of methoxy groups -OCH3 is 2. The van der Waals surface area contributed by atoms with E-state index in [1.54, 1.807) is 38.6 Å². The van der Waals surface area contributed by atoms with Crippen molar-refractivity contribution in [1.29, 1.82) is 0 Å². The fraction of sp³-hybridized carbons (Fsp3) is 0.211. The van der Waals surface area contributed by atoms with Crippen molar-refractivity contribution < 1.29 is 14.6 Å². The van der Waals surface area contributed by atoms with E-state index < -0.39 is 6.10 Å². The Morgan fingerprint density at radius 2 is 1.88 bits per heavy atom. The Hall–Kier alpha value is -2.79. The highest BCUT2D eigenvalue weighted by Crippen LogP contribution is 2.32. The van der Waals surface area contributed by atoms with Crippen LogP contribution >= 0.6 is 0 Å². The summed E-state index contributed by atoms with van der Waals surface area (Å²) in [6.45, 7) is 0.638. The molecule has 0 aliphatic carbocycles. The molecule has 5 nitrogen and oxygen atoms in total. The normalized spacial score (nSPS) is 12.0. The van der Waals surface area contributed by atoms with Gasteiger partial charge in [-0.25, -0.2) is 4.98 Å². The molecular formula is C19H20N2O3. The van der Waals surface area contributed by atoms with E-state index >= 15 is 0 Å². The number of aromatic nitrogens is 2. The summed E-state index contributed by atoms with van der Waals surface area (Å²) in [5, 5.41) is 10.9. The fourth-order valence-electron chi connectivity index (χ4n) is 2.67. The first-order chi connectivity index (χ1) is 11.7. The van der Waals surface area contributed by atoms with Crippen LogP contribution in [-0.4, -0.2) is 28.9 Å². The van der Waals surface area contributed by atoms with E-state index in [2.05, 4.69) is 4.98 Å². The second kappa shape index (κ2) is 7.19. The van der Waals surface area contributed by atoms with E-state index in [9.17, 15) is 5.11 Å². The number of hydrogen-bond acceptors (Lipinski definition) is 4. The lowest BCUT2D eigenvalue weighted by Gasteiger charge is -2.17. The van der Waals surface area contributed by atoms with Crippen LogP contribution in [0.4, 0.5) is 0 Å². The first-order valence-corrected chi connectivity index (χ1v) is 7.68. The number of rotatable bonds is 6. The smallest absolute Gasteiger partial charge is 0.142 e. The average Bonchev–Trinajstić information content (AvgIpc) is 3.09. The van der Waals surface area contributed by atoms with E-state index in [4.69, 9.17) is 9.47 Å². The van der Waals surface area contributed by atoms with Crippen LogP contribution in [0.2, 0.25) is 0 Å². The topological polar surface area (TPSA) is 56.5 Å². The zero-order chi connectivity index (χ0) is 16.9. The van der Waals surface area contributed by atoms with Gasteiger partial charge in [-0.3, -0.25) is 0 Å². The molecule has 0 amide bonds. The van der Waals surface area contributed by atoms with Gasteiger partial charge in [-0.05, 0) is 23.8 Å². The molecule has 1 unspecified atom stereocenters. The maximum atomic E-state index is 10.9. The summed E-state index contributed by atoms with van der Waals surface area (Å²) in [6.07, 6.45) is 2.64. The molecule has 0 aliphatic rings. The van der Waals surface area contributed by atoms with Crippen LogP contribution < -0.4 is 9.47 Å². The molecule has 1 N–H and O–H groups in total. The summed E-state index contributed by atoms with van der Waals surface area (Å²) in [5.41, 5.74) is 1.76. The summed E-state index contributed by atoms with van der Waals surface area (Å²) in [5.74, 6) is 1.81. The van der Waals surface area contributed by atoms with Gasteiger partial charge in [-0.15, -0.1) is 0 Å². The third kappa shape index (κ3) is 3.26. The van der Waals surface area contributed by atoms with Crippen molar-refractivity contribution in [3.05, 3.63) is 77.9 Å². The molecule has 124 valence electrons. The van der Waals surface area contributed by atoms with Gasteiger partial charge in [-0.2, -0.15) is 0 Å². The maximum absolute atomic E-state index is 10.9. The predicted molar refractivity (Wildman–Crippen MR) is 91.4 cm³/mol. The molecular weight excluding hydrogens is 304 g/mol. The zero-order valence-electron chi connectivity index (χ0n) is 13.7. The van der Waals surface area contributed by atoms with Gasteiger partial charge < -0.3 is 19.1 Å². The number of aliphatic hydroxyl groups is 1. The molecule has 0 bridgehead atoms. The molecule has 0 radical (unpaired) electrons. The van der Waals surface area contributed by atoms with Crippen molar-refractivity contribution in [1.82, 2.24) is 9.55 Å². The molecule has 1 heterocycles. The Morgan fingerprint density at radius 1 is 1.08 bits per heavy atom. The van der Waals surface area contributed by atoms with E-state index in [-0.39, 0.29) is 0 Å². The minimum atomic E-state index is -0.909. The van der Waals surface area contributed by atoms with Crippen LogP contribution in [0.25, 0.3) is 0 Å². The molecule has 5 heteroatoms. The standard InChI is InChI=1S/C19H20N2O3/c1-23-15-8-9-17(24-2)16(12-15)18(22)19-20-10-11-21(19)13-14-6-4-3-5-7-14/h3-12,18,22H,13H2,1-2H3. The minimum Gasteiger partial charge on any atom is -0.497 e. The summed E-state index contributed by atoms with van der Waals surface area (Å²) in [4.78, 5) is 4.34. The summed E-state index contributed by atoms with van der Waals surface area (Å²) < 4.78 is 12.6. The van der Waals surface area contributed by atoms with E-state index in [0.29, 0.717) is 29.4 Å². The number of nitrogens with zero attached hydrogens (tertiary/aromatic N) is 2. The molecule has 1 atom stereocenters. The average molecular weight is 324 g/mol. The van der Waals surface area contributed by atoms with E-state index in [1.807, 2.05) is 41.1 Å². The Labute approximate surface area is 141 Å². The van der Waals surface area contributed by atoms with Crippen molar-refractivity contribution >= 4 is 0 Å². The fourth-order valence-corrected chi connectivity index (χ4v) is 2.67. The molecule has 2 aromatic carbocycles. The van der Waals surface area contributed by atoms with E-state index in [1.165, 1.54) is 0 Å². The highest BCUT2D eigenvalue weighted by atomic mass is 16.5. The van der Waals surface area contributed by atoms with Crippen LogP contribution in [0.3, 0.4) is 0 Å². The van der Waals surface area contributed by atoms with Gasteiger partial charge in [0.05, 0.1) is 14.2 Å². The van der Waals surface area contributed by atoms with Crippen molar-refractivity contribution in [2.24, 2.45) is 0 Å². The van der Waals surface area contributed by atoms with Crippen LogP contribution in [0, 0.1) is 0 Å². The molecule has 0 fully saturated rings. The van der Waals surface area contributed by atoms with Gasteiger partial charge in [0, 0.05) is 24.5 Å². The Balaban J connectivity index is 1.94. The summed E-state index contributed by atoms with van der Waals surface area (Å²) in [7, 11) is 3.17. The molecule has 0 aliphatic heterocycles. The lowest BCUT2D eigenvalue weighted by Crippen LogP contribution is -2.11. The monoisotopic (exact) mass is 324 g/mol. The number of ether oxygens (including phenoxy) is 2. The van der Waals surface area contributed by atoms with Crippen molar-refractivity contribution in [3.8, 4) is 11.5 Å². The summed E-state index contributed by atoms with van der Waals surface area (Å²) >= 11 is 0. The number of imidazole rings is 1. The first-order valence-electron chi connectivity index (χ1n) is 7.68. The van der Waals surface area contributed by atoms with Crippen molar-refractivity contribution in [3.63, 3.8) is 0 Å². The third-order valence-electron chi connectivity index (χ3n) is 3.92. The molecule has 3 rings (SSSR count). The molecule has 0 saturated heterocycles. The molecule has 1 aromatic heterocycles. The lowest BCUT2D eigenvalue weighted by atomic mass is 10.1. The van der Waals surface area contributed by atoms with Crippen molar-refractivity contribution in [2.75, 3.05) is 14.2 Å². The molecule has 3 aromatic rings. The summed E-state index contributed by atoms with van der Waals surface area (Å²) in [6, 6.07) is 15.4. The van der Waals surface area contributed by atoms with Crippen LogP contribution in [0.5, 0.6) is 11.5 Å². The van der Waals surface area contributed by atoms with Gasteiger partial charge in [0.2, 0.25) is 0 Å². The van der Waals surface area contributed by atoms with Crippen molar-refractivity contribution in [2.45, 2.75) is 12.6 Å². The molecule has 24 heavy (non-hydrogen) atoms. The van der Waals surface area contributed by atoms with Crippen LogP contribution in [0.15, 0.2) is 60.9 Å². The van der Waals surface area contributed by atoms with Gasteiger partial charge in [0.25, 0.3) is 0 Å². The number of hydrogen-bond donors (Lipinski definition) is 1. The Morgan fingerprint density at radius 3 is 2.58 bits per heavy atom. The lowest BCUT2D eigenvalue weighted by molar-refractivity contribution is 0.199. The Bertz CT molecular complexity index is 799.